The molecule has 6 nitrogen and oxygen atoms in total. The molecule has 92 valence electrons. The predicted molar refractivity (Wildman–Crippen MR) is 63.4 cm³/mol. The first kappa shape index (κ1) is 12.1. The van der Waals surface area contributed by atoms with Crippen LogP contribution in [0.4, 0.5) is 11.5 Å². The summed E-state index contributed by atoms with van der Waals surface area (Å²) in [7, 11) is 0. The molecule has 1 fully saturated rings. The summed E-state index contributed by atoms with van der Waals surface area (Å²) in [6.45, 7) is 3.10. The number of nitrogens with one attached hydrogen (secondary N) is 1. The second-order valence-corrected chi connectivity index (χ2v) is 4.70. The molecule has 0 radical (unpaired) electrons. The average molecular weight is 258 g/mol. The molecule has 1 saturated heterocycles. The summed E-state index contributed by atoms with van der Waals surface area (Å²) < 4.78 is 5.27. The number of nitro groups is 1. The fourth-order valence-corrected chi connectivity index (χ4v) is 1.87. The van der Waals surface area contributed by atoms with Crippen LogP contribution in [0.5, 0.6) is 0 Å². The number of halogens is 1. The molecule has 2 rings (SSSR count). The largest absolute Gasteiger partial charge is 0.379 e. The van der Waals surface area contributed by atoms with Gasteiger partial charge in [-0.05, 0) is 13.3 Å². The number of nitrogens with zero attached hydrogens (tertiary/aromatic N) is 2. The molecule has 2 heterocycles. The lowest BCUT2D eigenvalue weighted by atomic mass is 10.0. The molecule has 0 aromatic carbocycles. The predicted octanol–water partition coefficient (Wildman–Crippen LogP) is 2.23. The van der Waals surface area contributed by atoms with Crippen LogP contribution in [0.15, 0.2) is 12.3 Å². The second-order valence-electron chi connectivity index (χ2n) is 4.27. The molecule has 1 aliphatic heterocycles. The van der Waals surface area contributed by atoms with E-state index in [1.807, 2.05) is 6.92 Å². The van der Waals surface area contributed by atoms with Gasteiger partial charge in [-0.25, -0.2) is 4.98 Å². The lowest BCUT2D eigenvalue weighted by Gasteiger charge is -2.23. The maximum atomic E-state index is 10.9. The highest BCUT2D eigenvalue weighted by atomic mass is 35.5. The molecule has 0 bridgehead atoms. The van der Waals surface area contributed by atoms with Gasteiger partial charge in [0.2, 0.25) is 5.82 Å². The Hall–Kier alpha value is -1.40. The van der Waals surface area contributed by atoms with Crippen molar-refractivity contribution in [3.8, 4) is 0 Å². The van der Waals surface area contributed by atoms with Gasteiger partial charge in [0, 0.05) is 18.9 Å². The lowest BCUT2D eigenvalue weighted by molar-refractivity contribution is -0.384. The van der Waals surface area contributed by atoms with Gasteiger partial charge in [0.1, 0.15) is 0 Å². The van der Waals surface area contributed by atoms with Crippen molar-refractivity contribution in [1.29, 1.82) is 0 Å². The van der Waals surface area contributed by atoms with Gasteiger partial charge < -0.3 is 10.1 Å². The van der Waals surface area contributed by atoms with Crippen molar-refractivity contribution in [2.75, 3.05) is 18.5 Å². The standard InChI is InChI=1S/C10H12ClN3O3/c1-10(2-3-17-6-10)13-9-8(14(15)16)4-7(11)5-12-9/h4-5H,2-3,6H2,1H3,(H,12,13). The van der Waals surface area contributed by atoms with E-state index >= 15 is 0 Å². The van der Waals surface area contributed by atoms with E-state index in [0.29, 0.717) is 13.2 Å². The summed E-state index contributed by atoms with van der Waals surface area (Å²) in [6.07, 6.45) is 2.17. The van der Waals surface area contributed by atoms with Crippen molar-refractivity contribution in [2.24, 2.45) is 0 Å². The molecule has 1 aliphatic rings. The number of rotatable bonds is 3. The quantitative estimate of drug-likeness (QED) is 0.664. The first-order valence-electron chi connectivity index (χ1n) is 5.16. The van der Waals surface area contributed by atoms with Gasteiger partial charge in [0.25, 0.3) is 0 Å². The summed E-state index contributed by atoms with van der Waals surface area (Å²) in [5.41, 5.74) is -0.434. The fourth-order valence-electron chi connectivity index (χ4n) is 1.72. The van der Waals surface area contributed by atoms with Crippen molar-refractivity contribution in [2.45, 2.75) is 18.9 Å². The van der Waals surface area contributed by atoms with E-state index < -0.39 is 4.92 Å². The van der Waals surface area contributed by atoms with Crippen LogP contribution in [0.3, 0.4) is 0 Å². The summed E-state index contributed by atoms with van der Waals surface area (Å²) >= 11 is 5.69. The smallest absolute Gasteiger partial charge is 0.312 e. The summed E-state index contributed by atoms with van der Waals surface area (Å²) in [6, 6.07) is 1.29. The highest BCUT2D eigenvalue weighted by Gasteiger charge is 2.32. The minimum atomic E-state index is -0.500. The Morgan fingerprint density at radius 1 is 1.71 bits per heavy atom. The third-order valence-corrected chi connectivity index (χ3v) is 2.88. The highest BCUT2D eigenvalue weighted by Crippen LogP contribution is 2.30. The van der Waals surface area contributed by atoms with E-state index in [4.69, 9.17) is 16.3 Å². The molecular formula is C10H12ClN3O3. The topological polar surface area (TPSA) is 77.3 Å². The molecule has 7 heteroatoms. The van der Waals surface area contributed by atoms with E-state index in [1.54, 1.807) is 0 Å². The number of hydrogen-bond donors (Lipinski definition) is 1. The van der Waals surface area contributed by atoms with E-state index in [-0.39, 0.29) is 22.1 Å². The molecule has 0 spiro atoms. The maximum absolute atomic E-state index is 10.9. The first-order valence-corrected chi connectivity index (χ1v) is 5.54. The van der Waals surface area contributed by atoms with Crippen molar-refractivity contribution in [3.05, 3.63) is 27.4 Å². The minimum absolute atomic E-state index is 0.120. The fraction of sp³-hybridized carbons (Fsp3) is 0.500. The average Bonchev–Trinajstić information content (AvgIpc) is 2.67. The van der Waals surface area contributed by atoms with Gasteiger partial charge in [0.15, 0.2) is 0 Å². The number of aromatic nitrogens is 1. The Bertz CT molecular complexity index is 446. The van der Waals surface area contributed by atoms with E-state index in [9.17, 15) is 10.1 Å². The van der Waals surface area contributed by atoms with Crippen LogP contribution < -0.4 is 5.32 Å². The van der Waals surface area contributed by atoms with Crippen LogP contribution in [0.2, 0.25) is 5.02 Å². The third-order valence-electron chi connectivity index (χ3n) is 2.67. The SMILES string of the molecule is CC1(Nc2ncc(Cl)cc2[N+](=O)[O-])CCOC1. The van der Waals surface area contributed by atoms with E-state index in [0.717, 1.165) is 6.42 Å². The first-order chi connectivity index (χ1) is 8.00. The van der Waals surface area contributed by atoms with Crippen LogP contribution in [0.1, 0.15) is 13.3 Å². The molecule has 1 aromatic rings. The third kappa shape index (κ3) is 2.65. The van der Waals surface area contributed by atoms with E-state index in [2.05, 4.69) is 10.3 Å². The van der Waals surface area contributed by atoms with Crippen LogP contribution in [-0.4, -0.2) is 28.7 Å². The molecule has 1 aromatic heterocycles. The zero-order valence-corrected chi connectivity index (χ0v) is 10.0. The Morgan fingerprint density at radius 2 is 2.47 bits per heavy atom. The molecule has 0 aliphatic carbocycles. The summed E-state index contributed by atoms with van der Waals surface area (Å²) in [4.78, 5) is 14.4. The van der Waals surface area contributed by atoms with E-state index in [1.165, 1.54) is 12.3 Å². The molecule has 0 saturated carbocycles. The van der Waals surface area contributed by atoms with Gasteiger partial charge in [-0.15, -0.1) is 0 Å². The van der Waals surface area contributed by atoms with Gasteiger partial charge in [-0.2, -0.15) is 0 Å². The monoisotopic (exact) mass is 257 g/mol. The Labute approximate surface area is 103 Å². The summed E-state index contributed by atoms with van der Waals surface area (Å²) in [5, 5.41) is 14.2. The van der Waals surface area contributed by atoms with Crippen LogP contribution in [0.25, 0.3) is 0 Å². The highest BCUT2D eigenvalue weighted by molar-refractivity contribution is 6.30. The number of anilines is 1. The van der Waals surface area contributed by atoms with Gasteiger partial charge in [-0.1, -0.05) is 11.6 Å². The van der Waals surface area contributed by atoms with Crippen molar-refractivity contribution in [1.82, 2.24) is 4.98 Å². The zero-order valence-electron chi connectivity index (χ0n) is 9.27. The van der Waals surface area contributed by atoms with Crippen LogP contribution >= 0.6 is 11.6 Å². The lowest BCUT2D eigenvalue weighted by Crippen LogP contribution is -2.35. The molecule has 17 heavy (non-hydrogen) atoms. The molecule has 1 atom stereocenters. The molecule has 1 unspecified atom stereocenters. The van der Waals surface area contributed by atoms with Gasteiger partial charge in [0.05, 0.1) is 22.1 Å². The number of hydrogen-bond acceptors (Lipinski definition) is 5. The molecule has 0 amide bonds. The van der Waals surface area contributed by atoms with Crippen molar-refractivity contribution >= 4 is 23.1 Å². The number of pyridine rings is 1. The van der Waals surface area contributed by atoms with Crippen molar-refractivity contribution < 1.29 is 9.66 Å². The minimum Gasteiger partial charge on any atom is -0.379 e. The zero-order chi connectivity index (χ0) is 12.5. The maximum Gasteiger partial charge on any atom is 0.312 e. The van der Waals surface area contributed by atoms with Gasteiger partial charge in [-0.3, -0.25) is 10.1 Å². The van der Waals surface area contributed by atoms with Crippen molar-refractivity contribution in [3.63, 3.8) is 0 Å². The summed E-state index contributed by atoms with van der Waals surface area (Å²) in [5.74, 6) is 0.229. The van der Waals surface area contributed by atoms with Crippen LogP contribution in [-0.2, 0) is 4.74 Å². The number of ether oxygens (including phenoxy) is 1. The molecular weight excluding hydrogens is 246 g/mol. The second kappa shape index (κ2) is 4.46. The Balaban J connectivity index is 2.28. The Kier molecular flexibility index (Phi) is 3.17. The normalized spacial score (nSPS) is 23.6. The molecule has 1 N–H and O–H groups in total. The van der Waals surface area contributed by atoms with Gasteiger partial charge >= 0.3 is 5.69 Å². The van der Waals surface area contributed by atoms with Crippen LogP contribution in [0, 0.1) is 10.1 Å². The Morgan fingerprint density at radius 3 is 3.06 bits per heavy atom.